The van der Waals surface area contributed by atoms with Gasteiger partial charge in [0.25, 0.3) is 0 Å². The zero-order chi connectivity index (χ0) is 12.5. The van der Waals surface area contributed by atoms with Gasteiger partial charge in [-0.1, -0.05) is 0 Å². The van der Waals surface area contributed by atoms with E-state index in [1.807, 2.05) is 6.92 Å². The normalized spacial score (nSPS) is 10.9. The second kappa shape index (κ2) is 11.0. The Morgan fingerprint density at radius 3 is 2.83 bits per heavy atom. The van der Waals surface area contributed by atoms with Gasteiger partial charge in [0, 0.05) is 34.9 Å². The molecule has 0 radical (unpaired) electrons. The highest BCUT2D eigenvalue weighted by Crippen LogP contribution is 2.19. The van der Waals surface area contributed by atoms with Crippen LogP contribution in [0.2, 0.25) is 0 Å². The zero-order valence-electron chi connectivity index (χ0n) is 10.5. The second-order valence-corrected chi connectivity index (χ2v) is 5.19. The summed E-state index contributed by atoms with van der Waals surface area (Å²) in [4.78, 5) is 5.41. The standard InChI is InChI=1S/C11H18BrN3OS.HI/c1-3-16-5-4-14-11(13-2)15-7-10-6-9(12)8-17-10;/h6,8H,3-5,7H2,1-2H3,(H2,13,14,15);1H. The number of hydrogen-bond donors (Lipinski definition) is 2. The highest BCUT2D eigenvalue weighted by atomic mass is 127. The van der Waals surface area contributed by atoms with Gasteiger partial charge in [-0.3, -0.25) is 4.99 Å². The van der Waals surface area contributed by atoms with Crippen LogP contribution < -0.4 is 10.6 Å². The molecule has 0 unspecified atom stereocenters. The lowest BCUT2D eigenvalue weighted by atomic mass is 10.4. The molecular formula is C11H19BrIN3OS. The largest absolute Gasteiger partial charge is 0.380 e. The summed E-state index contributed by atoms with van der Waals surface area (Å²) in [6, 6.07) is 2.10. The van der Waals surface area contributed by atoms with Crippen LogP contribution in [0.4, 0.5) is 0 Å². The molecule has 7 heteroatoms. The van der Waals surface area contributed by atoms with Crippen LogP contribution >= 0.6 is 51.2 Å². The van der Waals surface area contributed by atoms with Gasteiger partial charge >= 0.3 is 0 Å². The van der Waals surface area contributed by atoms with Gasteiger partial charge in [-0.15, -0.1) is 35.3 Å². The van der Waals surface area contributed by atoms with Crippen molar-refractivity contribution >= 4 is 57.2 Å². The fourth-order valence-electron chi connectivity index (χ4n) is 1.22. The van der Waals surface area contributed by atoms with Gasteiger partial charge in [0.2, 0.25) is 0 Å². The Kier molecular flexibility index (Phi) is 11.1. The van der Waals surface area contributed by atoms with Gasteiger partial charge in [0.05, 0.1) is 13.2 Å². The van der Waals surface area contributed by atoms with E-state index >= 15 is 0 Å². The molecule has 0 fully saturated rings. The Morgan fingerprint density at radius 2 is 2.28 bits per heavy atom. The molecule has 0 atom stereocenters. The van der Waals surface area contributed by atoms with Crippen molar-refractivity contribution in [3.8, 4) is 0 Å². The van der Waals surface area contributed by atoms with Crippen molar-refractivity contribution in [3.05, 3.63) is 20.8 Å². The van der Waals surface area contributed by atoms with Crippen LogP contribution in [0.1, 0.15) is 11.8 Å². The second-order valence-electron chi connectivity index (χ2n) is 3.28. The van der Waals surface area contributed by atoms with Crippen molar-refractivity contribution in [1.82, 2.24) is 10.6 Å². The summed E-state index contributed by atoms with van der Waals surface area (Å²) in [5, 5.41) is 8.51. The van der Waals surface area contributed by atoms with Crippen molar-refractivity contribution in [1.29, 1.82) is 0 Å². The number of rotatable bonds is 6. The molecule has 1 aromatic heterocycles. The van der Waals surface area contributed by atoms with Crippen molar-refractivity contribution < 1.29 is 4.74 Å². The van der Waals surface area contributed by atoms with Crippen LogP contribution in [0.3, 0.4) is 0 Å². The highest BCUT2D eigenvalue weighted by Gasteiger charge is 2.00. The number of thiophene rings is 1. The molecule has 0 spiro atoms. The Labute approximate surface area is 138 Å². The van der Waals surface area contributed by atoms with E-state index in [0.717, 1.165) is 30.1 Å². The van der Waals surface area contributed by atoms with E-state index in [4.69, 9.17) is 4.74 Å². The fourth-order valence-corrected chi connectivity index (χ4v) is 2.61. The molecule has 0 saturated heterocycles. The quantitative estimate of drug-likeness (QED) is 0.305. The molecule has 1 rings (SSSR count). The predicted octanol–water partition coefficient (Wildman–Crippen LogP) is 2.83. The summed E-state index contributed by atoms with van der Waals surface area (Å²) in [5.74, 6) is 0.800. The summed E-state index contributed by atoms with van der Waals surface area (Å²) in [5.41, 5.74) is 0. The topological polar surface area (TPSA) is 45.6 Å². The van der Waals surface area contributed by atoms with Crippen LogP contribution in [-0.4, -0.2) is 32.8 Å². The molecule has 104 valence electrons. The minimum atomic E-state index is 0. The summed E-state index contributed by atoms with van der Waals surface area (Å²) in [7, 11) is 1.76. The zero-order valence-corrected chi connectivity index (χ0v) is 15.3. The highest BCUT2D eigenvalue weighted by molar-refractivity contribution is 14.0. The first-order chi connectivity index (χ1) is 8.26. The minimum Gasteiger partial charge on any atom is -0.380 e. The first-order valence-corrected chi connectivity index (χ1v) is 7.18. The molecule has 4 nitrogen and oxygen atoms in total. The van der Waals surface area contributed by atoms with Crippen molar-refractivity contribution in [2.24, 2.45) is 4.99 Å². The van der Waals surface area contributed by atoms with Gasteiger partial charge in [0.15, 0.2) is 5.96 Å². The molecule has 0 aliphatic rings. The average Bonchev–Trinajstić information content (AvgIpc) is 2.74. The molecular weight excluding hydrogens is 429 g/mol. The lowest BCUT2D eigenvalue weighted by Crippen LogP contribution is -2.38. The monoisotopic (exact) mass is 447 g/mol. The summed E-state index contributed by atoms with van der Waals surface area (Å²) in [6.45, 7) is 4.98. The summed E-state index contributed by atoms with van der Waals surface area (Å²) in [6.07, 6.45) is 0. The number of guanidine groups is 1. The van der Waals surface area contributed by atoms with Crippen molar-refractivity contribution in [2.45, 2.75) is 13.5 Å². The Morgan fingerprint density at radius 1 is 1.50 bits per heavy atom. The Bertz CT molecular complexity index is 360. The van der Waals surface area contributed by atoms with Gasteiger partial charge < -0.3 is 15.4 Å². The number of hydrogen-bond acceptors (Lipinski definition) is 3. The number of nitrogens with one attached hydrogen (secondary N) is 2. The molecule has 2 N–H and O–H groups in total. The van der Waals surface area contributed by atoms with Crippen molar-refractivity contribution in [3.63, 3.8) is 0 Å². The van der Waals surface area contributed by atoms with Crippen LogP contribution in [-0.2, 0) is 11.3 Å². The summed E-state index contributed by atoms with van der Waals surface area (Å²) < 4.78 is 6.37. The van der Waals surface area contributed by atoms with E-state index in [9.17, 15) is 0 Å². The van der Waals surface area contributed by atoms with E-state index in [2.05, 4.69) is 43.0 Å². The third-order valence-electron chi connectivity index (χ3n) is 2.02. The molecule has 0 aromatic carbocycles. The Balaban J connectivity index is 0.00000289. The number of ether oxygens (including phenoxy) is 1. The van der Waals surface area contributed by atoms with Crippen LogP contribution in [0, 0.1) is 0 Å². The van der Waals surface area contributed by atoms with E-state index in [1.165, 1.54) is 4.88 Å². The van der Waals surface area contributed by atoms with Crippen LogP contribution in [0.15, 0.2) is 20.9 Å². The third kappa shape index (κ3) is 7.55. The molecule has 0 aliphatic heterocycles. The fraction of sp³-hybridized carbons (Fsp3) is 0.545. The smallest absolute Gasteiger partial charge is 0.191 e. The molecule has 0 bridgehead atoms. The average molecular weight is 448 g/mol. The maximum atomic E-state index is 5.25. The molecule has 0 amide bonds. The first kappa shape index (κ1) is 18.1. The maximum Gasteiger partial charge on any atom is 0.191 e. The van der Waals surface area contributed by atoms with Crippen LogP contribution in [0.25, 0.3) is 0 Å². The lowest BCUT2D eigenvalue weighted by Gasteiger charge is -2.10. The van der Waals surface area contributed by atoms with Crippen molar-refractivity contribution in [2.75, 3.05) is 26.8 Å². The van der Waals surface area contributed by atoms with E-state index in [0.29, 0.717) is 6.61 Å². The molecule has 1 heterocycles. The van der Waals surface area contributed by atoms with Gasteiger partial charge in [-0.25, -0.2) is 0 Å². The van der Waals surface area contributed by atoms with E-state index in [-0.39, 0.29) is 24.0 Å². The molecule has 18 heavy (non-hydrogen) atoms. The predicted molar refractivity (Wildman–Crippen MR) is 92.1 cm³/mol. The number of aliphatic imine (C=N–C) groups is 1. The SMILES string of the molecule is CCOCCNC(=NC)NCc1cc(Br)cs1.I. The molecule has 1 aromatic rings. The molecule has 0 saturated carbocycles. The number of nitrogens with zero attached hydrogens (tertiary/aromatic N) is 1. The first-order valence-electron chi connectivity index (χ1n) is 5.51. The molecule has 0 aliphatic carbocycles. The third-order valence-corrected chi connectivity index (χ3v) is 3.72. The summed E-state index contributed by atoms with van der Waals surface area (Å²) >= 11 is 5.15. The lowest BCUT2D eigenvalue weighted by molar-refractivity contribution is 0.152. The van der Waals surface area contributed by atoms with Gasteiger partial charge in [-0.05, 0) is 28.9 Å². The van der Waals surface area contributed by atoms with Gasteiger partial charge in [-0.2, -0.15) is 0 Å². The number of halogens is 2. The maximum absolute atomic E-state index is 5.25. The minimum absolute atomic E-state index is 0. The van der Waals surface area contributed by atoms with E-state index < -0.39 is 0 Å². The van der Waals surface area contributed by atoms with Crippen LogP contribution in [0.5, 0.6) is 0 Å². The Hall–Kier alpha value is 0.140. The van der Waals surface area contributed by atoms with E-state index in [1.54, 1.807) is 18.4 Å². The van der Waals surface area contributed by atoms with Gasteiger partial charge in [0.1, 0.15) is 0 Å².